The monoisotopic (exact) mass is 454 g/mol. The predicted molar refractivity (Wildman–Crippen MR) is 107 cm³/mol. The van der Waals surface area contributed by atoms with Gasteiger partial charge < -0.3 is 14.5 Å². The molecular formula is C18H17F3N6O3S. The minimum Gasteiger partial charge on any atom is -0.479 e. The van der Waals surface area contributed by atoms with Gasteiger partial charge in [-0.2, -0.15) is 18.2 Å². The van der Waals surface area contributed by atoms with E-state index in [0.29, 0.717) is 48.1 Å². The lowest BCUT2D eigenvalue weighted by Crippen LogP contribution is -2.47. The molecular weight excluding hydrogens is 437 g/mol. The van der Waals surface area contributed by atoms with Gasteiger partial charge in [-0.05, 0) is 18.2 Å². The van der Waals surface area contributed by atoms with Gasteiger partial charge in [-0.1, -0.05) is 17.4 Å². The van der Waals surface area contributed by atoms with Crippen LogP contribution in [0, 0.1) is 0 Å². The number of carbonyl (C=O) groups is 1. The summed E-state index contributed by atoms with van der Waals surface area (Å²) in [6.45, 7) is 1.48. The quantitative estimate of drug-likeness (QED) is 0.641. The molecule has 1 aliphatic heterocycles. The minimum absolute atomic E-state index is 0.279. The Morgan fingerprint density at radius 3 is 2.68 bits per heavy atom. The molecule has 164 valence electrons. The fraction of sp³-hybridized carbons (Fsp3) is 0.333. The van der Waals surface area contributed by atoms with E-state index in [1.807, 2.05) is 4.90 Å². The van der Waals surface area contributed by atoms with E-state index in [-0.39, 0.29) is 5.13 Å². The number of methoxy groups -OCH3 is 1. The number of nitrogens with zero attached hydrogens (tertiary/aromatic N) is 5. The average molecular weight is 454 g/mol. The van der Waals surface area contributed by atoms with E-state index in [4.69, 9.17) is 9.57 Å². The number of nitrogens with one attached hydrogen (secondary N) is 1. The third-order valence-corrected chi connectivity index (χ3v) is 5.43. The summed E-state index contributed by atoms with van der Waals surface area (Å²) in [5.74, 6) is 0.299. The maximum absolute atomic E-state index is 12.9. The van der Waals surface area contributed by atoms with Crippen molar-refractivity contribution in [2.45, 2.75) is 6.18 Å². The Kier molecular flexibility index (Phi) is 5.78. The number of carbonyl (C=O) groups excluding carboxylic acids is 1. The molecule has 1 N–H and O–H groups in total. The van der Waals surface area contributed by atoms with E-state index in [0.717, 1.165) is 23.5 Å². The van der Waals surface area contributed by atoms with Crippen LogP contribution in [0.4, 0.5) is 28.8 Å². The standard InChI is InChI=1S/C18H17F3N6O3S/c1-29-14-13-15(23-10-22-14)31-16(24-13)25-17(28)30-27-7-5-26(6-8-27)12-4-2-3-11(9-12)18(19,20)21/h2-4,9-10H,5-8H2,1H3,(H,24,25,28). The third kappa shape index (κ3) is 4.77. The van der Waals surface area contributed by atoms with Crippen LogP contribution in [-0.2, 0) is 11.0 Å². The van der Waals surface area contributed by atoms with E-state index in [9.17, 15) is 18.0 Å². The first kappa shape index (κ1) is 21.1. The Morgan fingerprint density at radius 2 is 1.97 bits per heavy atom. The molecule has 1 amide bonds. The molecule has 9 nitrogen and oxygen atoms in total. The highest BCUT2D eigenvalue weighted by Crippen LogP contribution is 2.32. The number of alkyl halides is 3. The summed E-state index contributed by atoms with van der Waals surface area (Å²) in [5.41, 5.74) is 0.212. The number of hydrogen-bond donors (Lipinski definition) is 1. The Labute approximate surface area is 178 Å². The minimum atomic E-state index is -4.39. The maximum atomic E-state index is 12.9. The summed E-state index contributed by atoms with van der Waals surface area (Å²) >= 11 is 1.15. The molecule has 13 heteroatoms. The van der Waals surface area contributed by atoms with Crippen molar-refractivity contribution < 1.29 is 27.5 Å². The van der Waals surface area contributed by atoms with Crippen molar-refractivity contribution in [3.8, 4) is 5.88 Å². The van der Waals surface area contributed by atoms with Crippen LogP contribution in [0.15, 0.2) is 30.6 Å². The van der Waals surface area contributed by atoms with Gasteiger partial charge in [0.2, 0.25) is 5.88 Å². The number of hydrogen-bond acceptors (Lipinski definition) is 9. The second-order valence-electron chi connectivity index (χ2n) is 6.52. The molecule has 0 atom stereocenters. The molecule has 0 saturated carbocycles. The van der Waals surface area contributed by atoms with Crippen LogP contribution in [0.25, 0.3) is 10.3 Å². The maximum Gasteiger partial charge on any atom is 0.432 e. The van der Waals surface area contributed by atoms with Crippen LogP contribution >= 0.6 is 11.3 Å². The highest BCUT2D eigenvalue weighted by molar-refractivity contribution is 7.22. The van der Waals surface area contributed by atoms with Crippen LogP contribution in [0.3, 0.4) is 0 Å². The van der Waals surface area contributed by atoms with Gasteiger partial charge in [0, 0.05) is 18.8 Å². The fourth-order valence-electron chi connectivity index (χ4n) is 3.08. The molecule has 0 radical (unpaired) electrons. The topological polar surface area (TPSA) is 92.7 Å². The van der Waals surface area contributed by atoms with Crippen LogP contribution in [0.2, 0.25) is 0 Å². The first-order chi connectivity index (χ1) is 14.8. The van der Waals surface area contributed by atoms with E-state index in [1.54, 1.807) is 6.07 Å². The van der Waals surface area contributed by atoms with Gasteiger partial charge in [-0.3, -0.25) is 5.32 Å². The number of halogens is 3. The van der Waals surface area contributed by atoms with Gasteiger partial charge in [0.05, 0.1) is 25.8 Å². The Balaban J connectivity index is 1.32. The largest absolute Gasteiger partial charge is 0.479 e. The number of ether oxygens (including phenoxy) is 1. The molecule has 1 fully saturated rings. The molecule has 0 aliphatic carbocycles. The average Bonchev–Trinajstić information content (AvgIpc) is 3.16. The lowest BCUT2D eigenvalue weighted by molar-refractivity contribution is -0.137. The molecule has 0 unspecified atom stereocenters. The number of piperazine rings is 1. The van der Waals surface area contributed by atoms with Crippen molar-refractivity contribution >= 4 is 38.6 Å². The van der Waals surface area contributed by atoms with Crippen molar-refractivity contribution in [2.24, 2.45) is 0 Å². The number of aromatic nitrogens is 3. The second kappa shape index (κ2) is 8.51. The number of thiazole rings is 1. The van der Waals surface area contributed by atoms with Crippen LogP contribution in [0.5, 0.6) is 5.88 Å². The predicted octanol–water partition coefficient (Wildman–Crippen LogP) is 3.40. The van der Waals surface area contributed by atoms with Crippen LogP contribution in [-0.4, -0.2) is 59.4 Å². The van der Waals surface area contributed by atoms with Crippen molar-refractivity contribution in [3.63, 3.8) is 0 Å². The zero-order valence-electron chi connectivity index (χ0n) is 16.2. The lowest BCUT2D eigenvalue weighted by Gasteiger charge is -2.34. The smallest absolute Gasteiger partial charge is 0.432 e. The molecule has 1 aromatic carbocycles. The van der Waals surface area contributed by atoms with Gasteiger partial charge in [0.15, 0.2) is 15.5 Å². The zero-order chi connectivity index (χ0) is 22.0. The normalized spacial score (nSPS) is 15.2. The van der Waals surface area contributed by atoms with Crippen LogP contribution < -0.4 is 15.0 Å². The van der Waals surface area contributed by atoms with Gasteiger partial charge in [-0.15, -0.1) is 5.06 Å². The summed E-state index contributed by atoms with van der Waals surface area (Å²) in [7, 11) is 1.46. The van der Waals surface area contributed by atoms with E-state index in [2.05, 4.69) is 20.3 Å². The van der Waals surface area contributed by atoms with E-state index in [1.165, 1.54) is 24.6 Å². The Hall–Kier alpha value is -3.19. The SMILES string of the molecule is COc1ncnc2sc(NC(=O)ON3CCN(c4cccc(C(F)(F)F)c4)CC3)nc12. The first-order valence-corrected chi connectivity index (χ1v) is 9.97. The molecule has 0 bridgehead atoms. The summed E-state index contributed by atoms with van der Waals surface area (Å²) in [5, 5.41) is 4.27. The number of fused-ring (bicyclic) bond motifs is 1. The zero-order valence-corrected chi connectivity index (χ0v) is 17.0. The van der Waals surface area contributed by atoms with E-state index >= 15 is 0 Å². The number of benzene rings is 1. The van der Waals surface area contributed by atoms with Gasteiger partial charge >= 0.3 is 12.3 Å². The van der Waals surface area contributed by atoms with Crippen molar-refractivity contribution in [1.29, 1.82) is 0 Å². The number of rotatable bonds is 4. The van der Waals surface area contributed by atoms with Gasteiger partial charge in [0.1, 0.15) is 6.33 Å². The highest BCUT2D eigenvalue weighted by atomic mass is 32.1. The first-order valence-electron chi connectivity index (χ1n) is 9.15. The second-order valence-corrected chi connectivity index (χ2v) is 7.50. The summed E-state index contributed by atoms with van der Waals surface area (Å²) in [6, 6.07) is 5.17. The number of hydroxylamine groups is 2. The highest BCUT2D eigenvalue weighted by Gasteiger charge is 2.31. The van der Waals surface area contributed by atoms with Crippen molar-refractivity contribution in [1.82, 2.24) is 20.0 Å². The van der Waals surface area contributed by atoms with Crippen molar-refractivity contribution in [2.75, 3.05) is 43.5 Å². The summed E-state index contributed by atoms with van der Waals surface area (Å²) < 4.78 is 43.9. The number of amides is 1. The molecule has 1 saturated heterocycles. The summed E-state index contributed by atoms with van der Waals surface area (Å²) in [6.07, 6.45) is -3.78. The summed E-state index contributed by atoms with van der Waals surface area (Å²) in [4.78, 5) is 32.1. The molecule has 0 spiro atoms. The fourth-order valence-corrected chi connectivity index (χ4v) is 3.86. The molecule has 4 rings (SSSR count). The van der Waals surface area contributed by atoms with Gasteiger partial charge in [-0.25, -0.2) is 14.8 Å². The molecule has 2 aromatic heterocycles. The molecule has 31 heavy (non-hydrogen) atoms. The number of anilines is 2. The Bertz CT molecular complexity index is 1080. The lowest BCUT2D eigenvalue weighted by atomic mass is 10.1. The van der Waals surface area contributed by atoms with Crippen molar-refractivity contribution in [3.05, 3.63) is 36.2 Å². The van der Waals surface area contributed by atoms with Gasteiger partial charge in [0.25, 0.3) is 0 Å². The molecule has 3 heterocycles. The molecule has 1 aliphatic rings. The van der Waals surface area contributed by atoms with E-state index < -0.39 is 17.8 Å². The third-order valence-electron chi connectivity index (χ3n) is 4.55. The Morgan fingerprint density at radius 1 is 1.19 bits per heavy atom. The molecule has 3 aromatic rings. The van der Waals surface area contributed by atoms with Crippen LogP contribution in [0.1, 0.15) is 5.56 Å².